The molecule has 0 aliphatic rings. The molecule has 0 radical (unpaired) electrons. The third-order valence-corrected chi connectivity index (χ3v) is 1.10. The van der Waals surface area contributed by atoms with Gasteiger partial charge in [-0.25, -0.2) is 4.79 Å². The van der Waals surface area contributed by atoms with Crippen molar-refractivity contribution in [1.29, 1.82) is 0 Å². The number of amides is 1. The van der Waals surface area contributed by atoms with Gasteiger partial charge in [-0.2, -0.15) is 0 Å². The molecule has 0 aliphatic carbocycles. The van der Waals surface area contributed by atoms with Gasteiger partial charge in [0.15, 0.2) is 0 Å². The van der Waals surface area contributed by atoms with Gasteiger partial charge in [0.25, 0.3) is 0 Å². The first-order chi connectivity index (χ1) is 4.81. The van der Waals surface area contributed by atoms with Crippen molar-refractivity contribution in [3.8, 4) is 0 Å². The lowest BCUT2D eigenvalue weighted by Gasteiger charge is -2.02. The van der Waals surface area contributed by atoms with Crippen molar-refractivity contribution < 1.29 is 9.53 Å². The summed E-state index contributed by atoms with van der Waals surface area (Å²) in [5.41, 5.74) is 0. The van der Waals surface area contributed by atoms with Crippen LogP contribution in [-0.2, 0) is 4.74 Å². The lowest BCUT2D eigenvalue weighted by atomic mass is 10.5. The number of rotatable bonds is 4. The van der Waals surface area contributed by atoms with Gasteiger partial charge in [-0.05, 0) is 13.3 Å². The molecule has 0 saturated heterocycles. The number of hydrogen-bond acceptors (Lipinski definition) is 2. The first-order valence-corrected chi connectivity index (χ1v) is 3.81. The highest BCUT2D eigenvalue weighted by atomic mass is 35.5. The zero-order valence-electron chi connectivity index (χ0n) is 6.02. The van der Waals surface area contributed by atoms with E-state index in [0.717, 1.165) is 0 Å². The second kappa shape index (κ2) is 6.68. The summed E-state index contributed by atoms with van der Waals surface area (Å²) in [6.07, 6.45) is 0.339. The van der Waals surface area contributed by atoms with Crippen LogP contribution in [0, 0.1) is 0 Å². The summed E-state index contributed by atoms with van der Waals surface area (Å²) in [5, 5.41) is 2.50. The van der Waals surface area contributed by atoms with Crippen molar-refractivity contribution in [3.05, 3.63) is 0 Å². The number of carbonyl (C=O) groups is 1. The maximum Gasteiger partial charge on any atom is 0.407 e. The Kier molecular flexibility index (Phi) is 6.38. The summed E-state index contributed by atoms with van der Waals surface area (Å²) >= 11 is 5.35. The van der Waals surface area contributed by atoms with Gasteiger partial charge in [-0.1, -0.05) is 0 Å². The van der Waals surface area contributed by atoms with Crippen molar-refractivity contribution in [2.75, 3.05) is 19.0 Å². The Balaban J connectivity index is 3.05. The molecule has 0 fully saturated rings. The van der Waals surface area contributed by atoms with E-state index in [1.165, 1.54) is 0 Å². The first kappa shape index (κ1) is 9.56. The van der Waals surface area contributed by atoms with Crippen molar-refractivity contribution in [3.63, 3.8) is 0 Å². The molecule has 0 spiro atoms. The third kappa shape index (κ3) is 5.69. The normalized spacial score (nSPS) is 9.00. The highest BCUT2D eigenvalue weighted by molar-refractivity contribution is 6.17. The Hall–Kier alpha value is -0.440. The molecule has 4 heteroatoms. The van der Waals surface area contributed by atoms with Crippen LogP contribution in [0.25, 0.3) is 0 Å². The van der Waals surface area contributed by atoms with Crippen molar-refractivity contribution in [2.45, 2.75) is 13.3 Å². The monoisotopic (exact) mass is 165 g/mol. The summed E-state index contributed by atoms with van der Waals surface area (Å²) < 4.78 is 4.69. The molecule has 0 aromatic carbocycles. The topological polar surface area (TPSA) is 38.3 Å². The molecule has 0 aromatic rings. The zero-order chi connectivity index (χ0) is 7.82. The molecular weight excluding hydrogens is 154 g/mol. The Bertz CT molecular complexity index is 97.7. The predicted molar refractivity (Wildman–Crippen MR) is 40.4 cm³/mol. The molecule has 1 N–H and O–H groups in total. The van der Waals surface area contributed by atoms with Crippen LogP contribution in [-0.4, -0.2) is 25.1 Å². The Morgan fingerprint density at radius 1 is 1.70 bits per heavy atom. The molecule has 0 aliphatic heterocycles. The van der Waals surface area contributed by atoms with Gasteiger partial charge in [0.05, 0.1) is 6.61 Å². The number of carbonyl (C=O) groups excluding carboxylic acids is 1. The van der Waals surface area contributed by atoms with E-state index in [0.29, 0.717) is 25.5 Å². The molecule has 0 heterocycles. The van der Waals surface area contributed by atoms with Gasteiger partial charge >= 0.3 is 6.09 Å². The fourth-order valence-corrected chi connectivity index (χ4v) is 0.524. The highest BCUT2D eigenvalue weighted by Crippen LogP contribution is 1.86. The minimum atomic E-state index is -0.368. The maximum atomic E-state index is 10.5. The van der Waals surface area contributed by atoms with Crippen LogP contribution in [0.15, 0.2) is 0 Å². The van der Waals surface area contributed by atoms with E-state index in [4.69, 9.17) is 11.6 Å². The second-order valence-corrected chi connectivity index (χ2v) is 2.09. The molecule has 0 rings (SSSR count). The molecular formula is C6H12ClNO2. The average molecular weight is 166 g/mol. The van der Waals surface area contributed by atoms with E-state index >= 15 is 0 Å². The smallest absolute Gasteiger partial charge is 0.407 e. The molecule has 10 heavy (non-hydrogen) atoms. The third-order valence-electron chi connectivity index (χ3n) is 0.832. The van der Waals surface area contributed by atoms with E-state index in [9.17, 15) is 4.79 Å². The minimum absolute atomic E-state index is 0.368. The van der Waals surface area contributed by atoms with Crippen molar-refractivity contribution in [1.82, 2.24) is 5.32 Å². The van der Waals surface area contributed by atoms with Crippen LogP contribution in [0.1, 0.15) is 13.3 Å². The van der Waals surface area contributed by atoms with E-state index in [1.807, 2.05) is 6.92 Å². The lowest BCUT2D eigenvalue weighted by Crippen LogP contribution is -2.24. The minimum Gasteiger partial charge on any atom is -0.450 e. The van der Waals surface area contributed by atoms with Gasteiger partial charge < -0.3 is 10.1 Å². The van der Waals surface area contributed by atoms with Crippen LogP contribution in [0.5, 0.6) is 0 Å². The lowest BCUT2D eigenvalue weighted by molar-refractivity contribution is 0.147. The largest absolute Gasteiger partial charge is 0.450 e. The number of alkyl halides is 1. The molecule has 0 saturated carbocycles. The number of hydrogen-bond donors (Lipinski definition) is 1. The van der Waals surface area contributed by atoms with E-state index in [-0.39, 0.29) is 6.09 Å². The summed E-state index contributed by atoms with van der Waals surface area (Å²) in [6.45, 7) is 2.83. The average Bonchev–Trinajstić information content (AvgIpc) is 1.89. The Labute approximate surface area is 65.7 Å². The molecule has 0 aromatic heterocycles. The molecule has 0 atom stereocenters. The highest BCUT2D eigenvalue weighted by Gasteiger charge is 1.96. The molecule has 3 nitrogen and oxygen atoms in total. The quantitative estimate of drug-likeness (QED) is 0.505. The Morgan fingerprint density at radius 2 is 2.40 bits per heavy atom. The second-order valence-electron chi connectivity index (χ2n) is 1.71. The molecule has 0 bridgehead atoms. The Morgan fingerprint density at radius 3 is 2.90 bits per heavy atom. The molecule has 1 amide bonds. The van der Waals surface area contributed by atoms with E-state index in [2.05, 4.69) is 10.1 Å². The number of ether oxygens (including phenoxy) is 1. The van der Waals surface area contributed by atoms with Crippen LogP contribution in [0.3, 0.4) is 0 Å². The van der Waals surface area contributed by atoms with Gasteiger partial charge in [0.2, 0.25) is 0 Å². The van der Waals surface area contributed by atoms with Gasteiger partial charge in [-0.3, -0.25) is 0 Å². The SMILES string of the molecule is CCNC(=O)OCCCCl. The van der Waals surface area contributed by atoms with E-state index < -0.39 is 0 Å². The summed E-state index contributed by atoms with van der Waals surface area (Å²) in [7, 11) is 0. The summed E-state index contributed by atoms with van der Waals surface area (Å²) in [4.78, 5) is 10.5. The van der Waals surface area contributed by atoms with Crippen LogP contribution >= 0.6 is 11.6 Å². The van der Waals surface area contributed by atoms with E-state index in [1.54, 1.807) is 0 Å². The van der Waals surface area contributed by atoms with Crippen LogP contribution < -0.4 is 5.32 Å². The van der Waals surface area contributed by atoms with Crippen LogP contribution in [0.2, 0.25) is 0 Å². The number of alkyl carbamates (subject to hydrolysis) is 1. The van der Waals surface area contributed by atoms with Crippen molar-refractivity contribution in [2.24, 2.45) is 0 Å². The fraction of sp³-hybridized carbons (Fsp3) is 0.833. The summed E-state index contributed by atoms with van der Waals surface area (Å²) in [5.74, 6) is 0.527. The van der Waals surface area contributed by atoms with Gasteiger partial charge in [0.1, 0.15) is 0 Å². The molecule has 60 valence electrons. The number of nitrogens with one attached hydrogen (secondary N) is 1. The van der Waals surface area contributed by atoms with Crippen LogP contribution in [0.4, 0.5) is 4.79 Å². The predicted octanol–water partition coefficient (Wildman–Crippen LogP) is 1.36. The first-order valence-electron chi connectivity index (χ1n) is 3.27. The number of halogens is 1. The standard InChI is InChI=1S/C6H12ClNO2/c1-2-8-6(9)10-5-3-4-7/h2-5H2,1H3,(H,8,9). The fourth-order valence-electron chi connectivity index (χ4n) is 0.415. The van der Waals surface area contributed by atoms with Gasteiger partial charge in [0, 0.05) is 12.4 Å². The van der Waals surface area contributed by atoms with Crippen molar-refractivity contribution >= 4 is 17.7 Å². The molecule has 0 unspecified atom stereocenters. The maximum absolute atomic E-state index is 10.5. The zero-order valence-corrected chi connectivity index (χ0v) is 6.78. The van der Waals surface area contributed by atoms with Gasteiger partial charge in [-0.15, -0.1) is 11.6 Å². The summed E-state index contributed by atoms with van der Waals surface area (Å²) in [6, 6.07) is 0.